The highest BCUT2D eigenvalue weighted by molar-refractivity contribution is 5.92. The predicted molar refractivity (Wildman–Crippen MR) is 74.2 cm³/mol. The molecule has 21 heavy (non-hydrogen) atoms. The van der Waals surface area contributed by atoms with Gasteiger partial charge in [0, 0.05) is 0 Å². The molecule has 7 nitrogen and oxygen atoms in total. The number of hydrogen-bond donors (Lipinski definition) is 3. The van der Waals surface area contributed by atoms with Crippen LogP contribution in [-0.4, -0.2) is 36.1 Å². The molecule has 1 amide bonds. The fourth-order valence-electron chi connectivity index (χ4n) is 1.84. The number of nitrogens with two attached hydrogens (primary N) is 1. The highest BCUT2D eigenvalue weighted by atomic mass is 16.5. The summed E-state index contributed by atoms with van der Waals surface area (Å²) in [4.78, 5) is 34.6. The van der Waals surface area contributed by atoms with Crippen molar-refractivity contribution < 1.29 is 24.2 Å². The predicted octanol–water partition coefficient (Wildman–Crippen LogP) is -0.00700. The Morgan fingerprint density at radius 1 is 1.33 bits per heavy atom. The van der Waals surface area contributed by atoms with Crippen LogP contribution in [0.15, 0.2) is 30.3 Å². The van der Waals surface area contributed by atoms with Crippen LogP contribution in [0.25, 0.3) is 0 Å². The number of ether oxygens (including phenoxy) is 1. The summed E-state index contributed by atoms with van der Waals surface area (Å²) in [6.07, 6.45) is -0.530. The van der Waals surface area contributed by atoms with Crippen molar-refractivity contribution in [1.29, 1.82) is 0 Å². The van der Waals surface area contributed by atoms with E-state index in [0.29, 0.717) is 5.56 Å². The van der Waals surface area contributed by atoms with Crippen LogP contribution in [0.3, 0.4) is 0 Å². The summed E-state index contributed by atoms with van der Waals surface area (Å²) in [5, 5.41) is 11.1. The maximum absolute atomic E-state index is 12.0. The summed E-state index contributed by atoms with van der Waals surface area (Å²) in [5.74, 6) is -2.61. The van der Waals surface area contributed by atoms with Crippen LogP contribution in [-0.2, 0) is 24.7 Å². The molecule has 2 atom stereocenters. The minimum absolute atomic E-state index is 0.507. The second kappa shape index (κ2) is 6.85. The molecule has 0 aliphatic rings. The first-order valence-corrected chi connectivity index (χ1v) is 6.24. The summed E-state index contributed by atoms with van der Waals surface area (Å²) < 4.78 is 4.72. The number of carbonyl (C=O) groups excluding carboxylic acids is 2. The molecular weight excluding hydrogens is 276 g/mol. The molecule has 0 unspecified atom stereocenters. The maximum atomic E-state index is 12.0. The lowest BCUT2D eigenvalue weighted by molar-refractivity contribution is -0.151. The number of methoxy groups -OCH3 is 1. The van der Waals surface area contributed by atoms with Crippen molar-refractivity contribution in [3.05, 3.63) is 35.9 Å². The second-order valence-corrected chi connectivity index (χ2v) is 4.68. The number of nitrogens with one attached hydrogen (secondary N) is 1. The van der Waals surface area contributed by atoms with E-state index in [4.69, 9.17) is 15.6 Å². The van der Waals surface area contributed by atoms with Crippen LogP contribution < -0.4 is 11.1 Å². The molecule has 0 aromatic heterocycles. The summed E-state index contributed by atoms with van der Waals surface area (Å²) in [5.41, 5.74) is 4.57. The normalized spacial score (nSPS) is 14.6. The molecule has 0 radical (unpaired) electrons. The number of amides is 1. The number of carboxylic acids is 1. The van der Waals surface area contributed by atoms with Crippen LogP contribution in [0.1, 0.15) is 18.9 Å². The molecule has 0 aliphatic heterocycles. The van der Waals surface area contributed by atoms with E-state index in [0.717, 1.165) is 0 Å². The average molecular weight is 294 g/mol. The largest absolute Gasteiger partial charge is 0.481 e. The fourth-order valence-corrected chi connectivity index (χ4v) is 1.84. The number of aliphatic carboxylic acids is 1. The van der Waals surface area contributed by atoms with E-state index in [1.807, 2.05) is 0 Å². The van der Waals surface area contributed by atoms with Gasteiger partial charge in [0.1, 0.15) is 0 Å². The molecule has 114 valence electrons. The molecule has 0 fully saturated rings. The molecule has 0 spiro atoms. The monoisotopic (exact) mass is 294 g/mol. The summed E-state index contributed by atoms with van der Waals surface area (Å²) in [7, 11) is 1.20. The van der Waals surface area contributed by atoms with Crippen LogP contribution in [0.4, 0.5) is 0 Å². The Hall–Kier alpha value is -2.41. The molecule has 0 heterocycles. The Balaban J connectivity index is 3.02. The Morgan fingerprint density at radius 2 is 1.90 bits per heavy atom. The minimum Gasteiger partial charge on any atom is -0.481 e. The zero-order valence-electron chi connectivity index (χ0n) is 11.8. The molecule has 0 saturated heterocycles. The quantitative estimate of drug-likeness (QED) is 0.635. The first-order chi connectivity index (χ1) is 9.81. The van der Waals surface area contributed by atoms with Crippen LogP contribution in [0.5, 0.6) is 0 Å². The highest BCUT2D eigenvalue weighted by Gasteiger charge is 2.39. The van der Waals surface area contributed by atoms with Gasteiger partial charge in [0.05, 0.1) is 19.6 Å². The fraction of sp³-hybridized carbons (Fsp3) is 0.357. The zero-order chi connectivity index (χ0) is 16.0. The Kier molecular flexibility index (Phi) is 5.43. The topological polar surface area (TPSA) is 119 Å². The minimum atomic E-state index is -1.44. The molecule has 1 rings (SSSR count). The van der Waals surface area contributed by atoms with Gasteiger partial charge in [0.25, 0.3) is 0 Å². The molecule has 7 heteroatoms. The Bertz CT molecular complexity index is 531. The van der Waals surface area contributed by atoms with E-state index >= 15 is 0 Å². The molecular formula is C14H18N2O5. The third-order valence-corrected chi connectivity index (χ3v) is 3.05. The molecule has 1 aromatic rings. The summed E-state index contributed by atoms with van der Waals surface area (Å²) in [6, 6.07) is 7.23. The van der Waals surface area contributed by atoms with Gasteiger partial charge in [-0.3, -0.25) is 9.59 Å². The van der Waals surface area contributed by atoms with Crippen molar-refractivity contribution >= 4 is 17.8 Å². The second-order valence-electron chi connectivity index (χ2n) is 4.68. The maximum Gasteiger partial charge on any atom is 0.336 e. The van der Waals surface area contributed by atoms with Crippen molar-refractivity contribution in [2.75, 3.05) is 7.11 Å². The van der Waals surface area contributed by atoms with E-state index in [2.05, 4.69) is 5.32 Å². The smallest absolute Gasteiger partial charge is 0.336 e. The van der Waals surface area contributed by atoms with Gasteiger partial charge in [0.2, 0.25) is 5.91 Å². The van der Waals surface area contributed by atoms with E-state index in [1.165, 1.54) is 14.0 Å². The van der Waals surface area contributed by atoms with Crippen LogP contribution in [0.2, 0.25) is 0 Å². The number of rotatable bonds is 6. The standard InChI is InChI=1S/C14H18N2O5/c1-14(13(20)21-2,9-6-4-3-5-7-9)16-12(19)10(15)8-11(17)18/h3-7,10H,8,15H2,1-2H3,(H,16,19)(H,17,18)/t10-,14+/m0/s1. The first-order valence-electron chi connectivity index (χ1n) is 6.24. The number of hydrogen-bond acceptors (Lipinski definition) is 5. The van der Waals surface area contributed by atoms with E-state index < -0.39 is 35.8 Å². The molecule has 4 N–H and O–H groups in total. The number of benzene rings is 1. The number of carboxylic acid groups (broad SMARTS) is 1. The van der Waals surface area contributed by atoms with E-state index in [1.54, 1.807) is 30.3 Å². The Labute approximate surface area is 122 Å². The van der Waals surface area contributed by atoms with Crippen molar-refractivity contribution in [3.8, 4) is 0 Å². The van der Waals surface area contributed by atoms with E-state index in [-0.39, 0.29) is 0 Å². The van der Waals surface area contributed by atoms with Crippen LogP contribution >= 0.6 is 0 Å². The van der Waals surface area contributed by atoms with Crippen molar-refractivity contribution in [1.82, 2.24) is 5.32 Å². The molecule has 0 saturated carbocycles. The van der Waals surface area contributed by atoms with Gasteiger partial charge in [-0.05, 0) is 12.5 Å². The lowest BCUT2D eigenvalue weighted by Gasteiger charge is -2.29. The van der Waals surface area contributed by atoms with Crippen molar-refractivity contribution in [2.24, 2.45) is 5.73 Å². The molecule has 0 aliphatic carbocycles. The van der Waals surface area contributed by atoms with E-state index in [9.17, 15) is 14.4 Å². The third-order valence-electron chi connectivity index (χ3n) is 3.05. The lowest BCUT2D eigenvalue weighted by Crippen LogP contribution is -2.55. The van der Waals surface area contributed by atoms with Gasteiger partial charge in [0.15, 0.2) is 5.54 Å². The zero-order valence-corrected chi connectivity index (χ0v) is 11.8. The Morgan fingerprint density at radius 3 is 2.38 bits per heavy atom. The lowest BCUT2D eigenvalue weighted by atomic mass is 9.91. The molecule has 1 aromatic carbocycles. The van der Waals surface area contributed by atoms with Gasteiger partial charge in [-0.15, -0.1) is 0 Å². The van der Waals surface area contributed by atoms with Gasteiger partial charge in [-0.2, -0.15) is 0 Å². The SMILES string of the molecule is COC(=O)[C@](C)(NC(=O)[C@@H](N)CC(=O)O)c1ccccc1. The summed E-state index contributed by atoms with van der Waals surface area (Å²) in [6.45, 7) is 1.47. The number of esters is 1. The van der Waals surface area contributed by atoms with Gasteiger partial charge >= 0.3 is 11.9 Å². The van der Waals surface area contributed by atoms with Crippen molar-refractivity contribution in [3.63, 3.8) is 0 Å². The first kappa shape index (κ1) is 16.6. The van der Waals surface area contributed by atoms with Gasteiger partial charge < -0.3 is 20.9 Å². The summed E-state index contributed by atoms with van der Waals surface area (Å²) >= 11 is 0. The van der Waals surface area contributed by atoms with Crippen molar-refractivity contribution in [2.45, 2.75) is 24.9 Å². The molecule has 0 bridgehead atoms. The van der Waals surface area contributed by atoms with Gasteiger partial charge in [-0.1, -0.05) is 30.3 Å². The van der Waals surface area contributed by atoms with Crippen LogP contribution in [0, 0.1) is 0 Å². The number of carbonyl (C=O) groups is 3. The van der Waals surface area contributed by atoms with Gasteiger partial charge in [-0.25, -0.2) is 4.79 Å². The average Bonchev–Trinajstić information content (AvgIpc) is 2.46. The third kappa shape index (κ3) is 4.03. The highest BCUT2D eigenvalue weighted by Crippen LogP contribution is 2.22.